The van der Waals surface area contributed by atoms with Crippen LogP contribution in [0.4, 0.5) is 16.2 Å². The number of rotatable bonds is 3. The van der Waals surface area contributed by atoms with Crippen LogP contribution in [-0.2, 0) is 5.41 Å². The fraction of sp³-hybridized carbons (Fsp3) is 0.190. The van der Waals surface area contributed by atoms with Crippen LogP contribution in [0, 0.1) is 0 Å². The lowest BCUT2D eigenvalue weighted by Crippen LogP contribution is -2.24. The lowest BCUT2D eigenvalue weighted by atomic mass is 9.85. The zero-order valence-corrected chi connectivity index (χ0v) is 15.8. The van der Waals surface area contributed by atoms with E-state index < -0.39 is 12.0 Å². The number of pyridine rings is 1. The summed E-state index contributed by atoms with van der Waals surface area (Å²) in [7, 11) is 0. The Morgan fingerprint density at radius 2 is 1.75 bits per heavy atom. The van der Waals surface area contributed by atoms with Crippen LogP contribution in [-0.4, -0.2) is 22.1 Å². The van der Waals surface area contributed by atoms with Crippen LogP contribution in [0.3, 0.4) is 0 Å². The molecule has 0 saturated heterocycles. The number of hydrogen-bond acceptors (Lipinski definition) is 3. The normalized spacial score (nSPS) is 11.2. The van der Waals surface area contributed by atoms with Crippen molar-refractivity contribution in [1.82, 2.24) is 4.98 Å². The topological polar surface area (TPSA) is 111 Å². The Labute approximate surface area is 161 Å². The van der Waals surface area contributed by atoms with Gasteiger partial charge in [-0.05, 0) is 35.2 Å². The predicted molar refractivity (Wildman–Crippen MR) is 109 cm³/mol. The number of nitrogens with one attached hydrogen (secondary N) is 3. The Morgan fingerprint density at radius 3 is 2.43 bits per heavy atom. The Bertz CT molecular complexity index is 1130. The molecule has 0 atom stereocenters. The van der Waals surface area contributed by atoms with E-state index in [1.54, 1.807) is 42.5 Å². The van der Waals surface area contributed by atoms with Crippen LogP contribution >= 0.6 is 0 Å². The Kier molecular flexibility index (Phi) is 4.92. The van der Waals surface area contributed by atoms with E-state index in [2.05, 4.69) is 15.6 Å². The average Bonchev–Trinajstić information content (AvgIpc) is 2.60. The van der Waals surface area contributed by atoms with Crippen molar-refractivity contribution in [1.29, 1.82) is 0 Å². The number of H-pyrrole nitrogens is 1. The van der Waals surface area contributed by atoms with E-state index in [9.17, 15) is 14.4 Å². The molecule has 3 rings (SSSR count). The minimum absolute atomic E-state index is 0.0184. The van der Waals surface area contributed by atoms with E-state index >= 15 is 0 Å². The number of para-hydroxylation sites is 1. The van der Waals surface area contributed by atoms with E-state index in [1.165, 1.54) is 6.20 Å². The number of fused-ring (bicyclic) bond motifs is 1. The van der Waals surface area contributed by atoms with Crippen molar-refractivity contribution in [2.75, 3.05) is 10.6 Å². The lowest BCUT2D eigenvalue weighted by molar-refractivity contribution is 0.102. The molecule has 2 aromatic carbocycles. The quantitative estimate of drug-likeness (QED) is 0.547. The summed E-state index contributed by atoms with van der Waals surface area (Å²) in [5.74, 6) is -0.565. The standard InChI is InChI=1S/C21H21N3O4/c1-21(2,3)15-9-8-12(23-20(27)28)10-17(15)24-19(26)14-11-22-16-7-5-4-6-13(16)18(14)25/h4-11,23H,1-3H3,(H,22,25)(H,24,26)(H,27,28). The van der Waals surface area contributed by atoms with Crippen molar-refractivity contribution in [2.45, 2.75) is 26.2 Å². The second-order valence-corrected chi connectivity index (χ2v) is 7.47. The van der Waals surface area contributed by atoms with Crippen molar-refractivity contribution in [2.24, 2.45) is 0 Å². The zero-order chi connectivity index (χ0) is 20.5. The smallest absolute Gasteiger partial charge is 0.409 e. The van der Waals surface area contributed by atoms with Gasteiger partial charge in [-0.3, -0.25) is 14.9 Å². The third-order valence-corrected chi connectivity index (χ3v) is 4.36. The number of amides is 2. The Balaban J connectivity index is 2.02. The molecule has 0 bridgehead atoms. The molecule has 144 valence electrons. The fourth-order valence-electron chi connectivity index (χ4n) is 3.03. The molecule has 3 aromatic rings. The molecule has 0 unspecified atom stereocenters. The highest BCUT2D eigenvalue weighted by molar-refractivity contribution is 6.06. The third-order valence-electron chi connectivity index (χ3n) is 4.36. The largest absolute Gasteiger partial charge is 0.465 e. The number of carboxylic acid groups (broad SMARTS) is 1. The summed E-state index contributed by atoms with van der Waals surface area (Å²) >= 11 is 0. The molecule has 0 aliphatic carbocycles. The first-order valence-electron chi connectivity index (χ1n) is 8.73. The van der Waals surface area contributed by atoms with Gasteiger partial charge in [-0.1, -0.05) is 39.0 Å². The Hall–Kier alpha value is -3.61. The van der Waals surface area contributed by atoms with Gasteiger partial charge in [0.25, 0.3) is 5.91 Å². The van der Waals surface area contributed by atoms with Gasteiger partial charge in [-0.15, -0.1) is 0 Å². The molecule has 2 amide bonds. The maximum absolute atomic E-state index is 12.8. The molecule has 7 nitrogen and oxygen atoms in total. The molecule has 1 aromatic heterocycles. The van der Waals surface area contributed by atoms with Gasteiger partial charge >= 0.3 is 6.09 Å². The van der Waals surface area contributed by atoms with Gasteiger partial charge < -0.3 is 15.4 Å². The molecular weight excluding hydrogens is 358 g/mol. The van der Waals surface area contributed by atoms with Gasteiger partial charge in [0, 0.05) is 28.5 Å². The summed E-state index contributed by atoms with van der Waals surface area (Å²) in [4.78, 5) is 39.4. The lowest BCUT2D eigenvalue weighted by Gasteiger charge is -2.23. The summed E-state index contributed by atoms with van der Waals surface area (Å²) in [5, 5.41) is 14.4. The van der Waals surface area contributed by atoms with E-state index in [4.69, 9.17) is 5.11 Å². The predicted octanol–water partition coefficient (Wildman–Crippen LogP) is 4.17. The molecule has 7 heteroatoms. The molecule has 0 aliphatic heterocycles. The Morgan fingerprint density at radius 1 is 1.04 bits per heavy atom. The van der Waals surface area contributed by atoms with Crippen molar-refractivity contribution in [3.8, 4) is 0 Å². The number of aromatic amines is 1. The molecule has 1 heterocycles. The molecule has 4 N–H and O–H groups in total. The SMILES string of the molecule is CC(C)(C)c1ccc(NC(=O)O)cc1NC(=O)c1c[nH]c2ccccc2c1=O. The van der Waals surface area contributed by atoms with Crippen LogP contribution in [0.2, 0.25) is 0 Å². The van der Waals surface area contributed by atoms with Crippen molar-refractivity contribution >= 4 is 34.3 Å². The zero-order valence-electron chi connectivity index (χ0n) is 15.8. The minimum Gasteiger partial charge on any atom is -0.465 e. The highest BCUT2D eigenvalue weighted by atomic mass is 16.4. The molecule has 0 radical (unpaired) electrons. The molecule has 0 aliphatic rings. The van der Waals surface area contributed by atoms with Crippen LogP contribution in [0.25, 0.3) is 10.9 Å². The second kappa shape index (κ2) is 7.19. The number of carbonyl (C=O) groups excluding carboxylic acids is 1. The maximum atomic E-state index is 12.8. The number of aromatic nitrogens is 1. The number of carbonyl (C=O) groups is 2. The maximum Gasteiger partial charge on any atom is 0.409 e. The van der Waals surface area contributed by atoms with Crippen LogP contribution in [0.1, 0.15) is 36.7 Å². The number of hydrogen-bond donors (Lipinski definition) is 4. The first-order chi connectivity index (χ1) is 13.2. The fourth-order valence-corrected chi connectivity index (χ4v) is 3.03. The highest BCUT2D eigenvalue weighted by Crippen LogP contribution is 2.32. The van der Waals surface area contributed by atoms with E-state index in [1.807, 2.05) is 20.8 Å². The van der Waals surface area contributed by atoms with E-state index in [0.717, 1.165) is 5.56 Å². The van der Waals surface area contributed by atoms with Crippen LogP contribution in [0.5, 0.6) is 0 Å². The second-order valence-electron chi connectivity index (χ2n) is 7.47. The van der Waals surface area contributed by atoms with Gasteiger partial charge in [0.2, 0.25) is 5.43 Å². The summed E-state index contributed by atoms with van der Waals surface area (Å²) in [6, 6.07) is 11.9. The first-order valence-corrected chi connectivity index (χ1v) is 8.73. The van der Waals surface area contributed by atoms with Crippen molar-refractivity contribution in [3.63, 3.8) is 0 Å². The molecule has 0 saturated carbocycles. The van der Waals surface area contributed by atoms with Gasteiger partial charge in [-0.25, -0.2) is 4.79 Å². The number of anilines is 2. The van der Waals surface area contributed by atoms with Crippen molar-refractivity contribution < 1.29 is 14.7 Å². The molecule has 0 spiro atoms. The molecule has 28 heavy (non-hydrogen) atoms. The molecule has 0 fully saturated rings. The summed E-state index contributed by atoms with van der Waals surface area (Å²) in [6.45, 7) is 5.93. The van der Waals surface area contributed by atoms with Crippen LogP contribution in [0.15, 0.2) is 53.5 Å². The highest BCUT2D eigenvalue weighted by Gasteiger charge is 2.21. The van der Waals surface area contributed by atoms with Crippen molar-refractivity contribution in [3.05, 3.63) is 70.0 Å². The van der Waals surface area contributed by atoms with Gasteiger partial charge in [-0.2, -0.15) is 0 Å². The minimum atomic E-state index is -1.20. The average molecular weight is 379 g/mol. The summed E-state index contributed by atoms with van der Waals surface area (Å²) < 4.78 is 0. The van der Waals surface area contributed by atoms with Gasteiger partial charge in [0.15, 0.2) is 0 Å². The monoisotopic (exact) mass is 379 g/mol. The van der Waals surface area contributed by atoms with Gasteiger partial charge in [0.1, 0.15) is 5.56 Å². The van der Waals surface area contributed by atoms with Gasteiger partial charge in [0.05, 0.1) is 0 Å². The van der Waals surface area contributed by atoms with Crippen LogP contribution < -0.4 is 16.1 Å². The summed E-state index contributed by atoms with van der Waals surface area (Å²) in [5.41, 5.74) is 1.53. The summed E-state index contributed by atoms with van der Waals surface area (Å²) in [6.07, 6.45) is 0.183. The third kappa shape index (κ3) is 3.88. The number of benzene rings is 2. The van der Waals surface area contributed by atoms with E-state index in [-0.39, 0.29) is 16.4 Å². The molecular formula is C21H21N3O4. The van der Waals surface area contributed by atoms with E-state index in [0.29, 0.717) is 22.3 Å². The first kappa shape index (κ1) is 19.2.